The Morgan fingerprint density at radius 1 is 1.13 bits per heavy atom. The van der Waals surface area contributed by atoms with E-state index in [0.717, 1.165) is 5.56 Å². The molecule has 1 atom stereocenters. The maximum Gasteiger partial charge on any atom is 0.123 e. The molecule has 1 rings (SSSR count). The van der Waals surface area contributed by atoms with Crippen molar-refractivity contribution in [2.75, 3.05) is 0 Å². The van der Waals surface area contributed by atoms with Gasteiger partial charge >= 0.3 is 0 Å². The summed E-state index contributed by atoms with van der Waals surface area (Å²) in [5.74, 6) is -0.236. The van der Waals surface area contributed by atoms with E-state index in [1.165, 1.54) is 12.1 Å². The molecule has 0 radical (unpaired) electrons. The number of benzene rings is 1. The van der Waals surface area contributed by atoms with Gasteiger partial charge in [-0.05, 0) is 31.5 Å². The monoisotopic (exact) mass is 212 g/mol. The summed E-state index contributed by atoms with van der Waals surface area (Å²) >= 11 is 0. The van der Waals surface area contributed by atoms with E-state index < -0.39 is 5.60 Å². The number of halogens is 1. The van der Waals surface area contributed by atoms with E-state index in [9.17, 15) is 9.50 Å². The summed E-state index contributed by atoms with van der Waals surface area (Å²) in [5.41, 5.74) is 0.187. The largest absolute Gasteiger partial charge is 0.390 e. The van der Waals surface area contributed by atoms with Crippen LogP contribution in [0.5, 0.6) is 0 Å². The van der Waals surface area contributed by atoms with E-state index in [0.29, 0.717) is 0 Å². The molecule has 0 saturated carbocycles. The quantitative estimate of drug-likeness (QED) is 0.792. The summed E-state index contributed by atoms with van der Waals surface area (Å²) in [6.45, 7) is 9.43. The molecule has 0 spiro atoms. The fraction of sp³-hybridized carbons (Fsp3) is 0.538. The summed E-state index contributed by atoms with van der Waals surface area (Å²) < 4.78 is 12.6. The first kappa shape index (κ1) is 14.1. The van der Waals surface area contributed by atoms with Crippen LogP contribution in [0.1, 0.15) is 46.1 Å². The van der Waals surface area contributed by atoms with Crippen LogP contribution in [0.25, 0.3) is 0 Å². The van der Waals surface area contributed by atoms with Crippen LogP contribution in [0, 0.1) is 5.82 Å². The first-order valence-corrected chi connectivity index (χ1v) is 5.39. The van der Waals surface area contributed by atoms with Gasteiger partial charge in [-0.2, -0.15) is 0 Å². The van der Waals surface area contributed by atoms with Gasteiger partial charge in [0.2, 0.25) is 0 Å². The van der Waals surface area contributed by atoms with Crippen molar-refractivity contribution in [1.29, 1.82) is 0 Å². The lowest BCUT2D eigenvalue weighted by Crippen LogP contribution is -2.26. The molecule has 0 bridgehead atoms. The Hall–Kier alpha value is -0.890. The molecule has 0 aliphatic carbocycles. The first-order valence-electron chi connectivity index (χ1n) is 5.39. The highest BCUT2D eigenvalue weighted by molar-refractivity contribution is 5.22. The molecule has 0 aromatic heterocycles. The fourth-order valence-corrected chi connectivity index (χ4v) is 1.16. The van der Waals surface area contributed by atoms with Crippen LogP contribution in [0.3, 0.4) is 0 Å². The topological polar surface area (TPSA) is 20.2 Å². The second kappa shape index (κ2) is 5.86. The molecule has 1 aromatic rings. The third kappa shape index (κ3) is 4.43. The Balaban J connectivity index is 0.000000921. The molecule has 86 valence electrons. The van der Waals surface area contributed by atoms with Gasteiger partial charge in [-0.3, -0.25) is 0 Å². The molecule has 0 fully saturated rings. The van der Waals surface area contributed by atoms with Crippen LogP contribution in [0.15, 0.2) is 24.3 Å². The van der Waals surface area contributed by atoms with E-state index >= 15 is 0 Å². The molecule has 0 aliphatic rings. The molecule has 0 aliphatic heterocycles. The molecule has 1 N–H and O–H groups in total. The number of aliphatic hydroxyl groups is 1. The van der Waals surface area contributed by atoms with Crippen molar-refractivity contribution in [1.82, 2.24) is 0 Å². The van der Waals surface area contributed by atoms with Crippen LogP contribution >= 0.6 is 0 Å². The van der Waals surface area contributed by atoms with Crippen LogP contribution < -0.4 is 0 Å². The standard InChI is InChI=1S/C11H15FO.C2H6/c1-8(11(2,3)13)9-4-6-10(12)7-5-9;1-2/h4-8,13H,1-3H3;1-2H3. The molecular formula is C13H21FO. The van der Waals surface area contributed by atoms with E-state index in [-0.39, 0.29) is 11.7 Å². The highest BCUT2D eigenvalue weighted by Gasteiger charge is 2.23. The molecule has 1 nitrogen and oxygen atoms in total. The van der Waals surface area contributed by atoms with Crippen molar-refractivity contribution in [2.45, 2.75) is 46.1 Å². The predicted molar refractivity (Wildman–Crippen MR) is 62.5 cm³/mol. The van der Waals surface area contributed by atoms with Crippen molar-refractivity contribution in [2.24, 2.45) is 0 Å². The Morgan fingerprint density at radius 3 is 1.87 bits per heavy atom. The smallest absolute Gasteiger partial charge is 0.123 e. The predicted octanol–water partition coefficient (Wildman–Crippen LogP) is 3.73. The zero-order chi connectivity index (χ0) is 12.1. The number of hydrogen-bond donors (Lipinski definition) is 1. The van der Waals surface area contributed by atoms with Gasteiger partial charge in [-0.15, -0.1) is 0 Å². The summed E-state index contributed by atoms with van der Waals surface area (Å²) in [7, 11) is 0. The third-order valence-electron chi connectivity index (χ3n) is 2.43. The van der Waals surface area contributed by atoms with Crippen LogP contribution in [-0.2, 0) is 0 Å². The molecule has 1 unspecified atom stereocenters. The molecule has 1 aromatic carbocycles. The first-order chi connectivity index (χ1) is 6.91. The fourth-order valence-electron chi connectivity index (χ4n) is 1.16. The van der Waals surface area contributed by atoms with Crippen molar-refractivity contribution in [3.63, 3.8) is 0 Å². The minimum absolute atomic E-state index is 0.00750. The molecule has 0 heterocycles. The van der Waals surface area contributed by atoms with Gasteiger partial charge in [0, 0.05) is 5.92 Å². The van der Waals surface area contributed by atoms with Crippen molar-refractivity contribution in [3.05, 3.63) is 35.6 Å². The van der Waals surface area contributed by atoms with Crippen molar-refractivity contribution in [3.8, 4) is 0 Å². The molecule has 0 amide bonds. The average Bonchev–Trinajstić information content (AvgIpc) is 2.20. The van der Waals surface area contributed by atoms with Crippen LogP contribution in [0.2, 0.25) is 0 Å². The molecule has 15 heavy (non-hydrogen) atoms. The summed E-state index contributed by atoms with van der Waals surface area (Å²) in [6, 6.07) is 6.24. The Labute approximate surface area is 92.0 Å². The maximum atomic E-state index is 12.6. The van der Waals surface area contributed by atoms with Gasteiger partial charge in [0.05, 0.1) is 5.60 Å². The Morgan fingerprint density at radius 2 is 1.53 bits per heavy atom. The van der Waals surface area contributed by atoms with Gasteiger partial charge < -0.3 is 5.11 Å². The average molecular weight is 212 g/mol. The van der Waals surface area contributed by atoms with E-state index in [1.54, 1.807) is 26.0 Å². The molecular weight excluding hydrogens is 191 g/mol. The SMILES string of the molecule is CC.CC(c1ccc(F)cc1)C(C)(C)O. The summed E-state index contributed by atoms with van der Waals surface area (Å²) in [4.78, 5) is 0. The minimum atomic E-state index is -0.766. The number of hydrogen-bond acceptors (Lipinski definition) is 1. The zero-order valence-electron chi connectivity index (χ0n) is 10.2. The van der Waals surface area contributed by atoms with Crippen LogP contribution in [-0.4, -0.2) is 10.7 Å². The lowest BCUT2D eigenvalue weighted by Gasteiger charge is -2.26. The molecule has 0 saturated heterocycles. The van der Waals surface area contributed by atoms with Gasteiger partial charge in [-0.1, -0.05) is 32.9 Å². The third-order valence-corrected chi connectivity index (χ3v) is 2.43. The molecule has 2 heteroatoms. The maximum absolute atomic E-state index is 12.6. The Bertz CT molecular complexity index is 272. The summed E-state index contributed by atoms with van der Waals surface area (Å²) in [6.07, 6.45) is 0. The Kier molecular flexibility index (Phi) is 5.51. The lowest BCUT2D eigenvalue weighted by molar-refractivity contribution is 0.0558. The lowest BCUT2D eigenvalue weighted by atomic mass is 9.86. The van der Waals surface area contributed by atoms with Gasteiger partial charge in [0.25, 0.3) is 0 Å². The second-order valence-electron chi connectivity index (χ2n) is 3.93. The second-order valence-corrected chi connectivity index (χ2v) is 3.93. The van der Waals surface area contributed by atoms with Gasteiger partial charge in [0.15, 0.2) is 0 Å². The van der Waals surface area contributed by atoms with E-state index in [2.05, 4.69) is 0 Å². The van der Waals surface area contributed by atoms with Gasteiger partial charge in [-0.25, -0.2) is 4.39 Å². The number of rotatable bonds is 2. The van der Waals surface area contributed by atoms with Gasteiger partial charge in [0.1, 0.15) is 5.82 Å². The van der Waals surface area contributed by atoms with Crippen molar-refractivity contribution >= 4 is 0 Å². The summed E-state index contributed by atoms with van der Waals surface area (Å²) in [5, 5.41) is 9.72. The van der Waals surface area contributed by atoms with E-state index in [4.69, 9.17) is 0 Å². The van der Waals surface area contributed by atoms with Crippen molar-refractivity contribution < 1.29 is 9.50 Å². The highest BCUT2D eigenvalue weighted by atomic mass is 19.1. The minimum Gasteiger partial charge on any atom is -0.390 e. The van der Waals surface area contributed by atoms with Crippen LogP contribution in [0.4, 0.5) is 4.39 Å². The highest BCUT2D eigenvalue weighted by Crippen LogP contribution is 2.26. The van der Waals surface area contributed by atoms with E-state index in [1.807, 2.05) is 20.8 Å². The normalized spacial score (nSPS) is 12.7. The zero-order valence-corrected chi connectivity index (χ0v) is 10.2.